The molecule has 1 aliphatic heterocycles. The van der Waals surface area contributed by atoms with Crippen molar-refractivity contribution in [3.05, 3.63) is 60.8 Å². The molecule has 4 atom stereocenters. The van der Waals surface area contributed by atoms with Crippen molar-refractivity contribution in [3.63, 3.8) is 0 Å². The minimum atomic E-state index is -4.12. The van der Waals surface area contributed by atoms with E-state index in [0.29, 0.717) is 6.42 Å². The summed E-state index contributed by atoms with van der Waals surface area (Å²) in [5.41, 5.74) is -1.74. The van der Waals surface area contributed by atoms with E-state index in [1.54, 1.807) is 30.4 Å². The van der Waals surface area contributed by atoms with Gasteiger partial charge < -0.3 is 34.4 Å². The lowest BCUT2D eigenvalue weighted by Crippen LogP contribution is -2.41. The Morgan fingerprint density at radius 1 is 1.38 bits per heavy atom. The number of carbonyl (C=O) groups is 1. The highest BCUT2D eigenvalue weighted by molar-refractivity contribution is 8.06. The number of aliphatic hydroxyl groups is 3. The predicted octanol–water partition coefficient (Wildman–Crippen LogP) is 1.17. The van der Waals surface area contributed by atoms with Gasteiger partial charge in [-0.3, -0.25) is 0 Å². The van der Waals surface area contributed by atoms with Crippen LogP contribution in [0.5, 0.6) is 0 Å². The zero-order chi connectivity index (χ0) is 21.9. The normalized spacial score (nSPS) is 22.6. The third kappa shape index (κ3) is 11.4. The summed E-state index contributed by atoms with van der Waals surface area (Å²) in [5.74, 6) is -0.498. The van der Waals surface area contributed by atoms with Crippen LogP contribution in [0.2, 0.25) is 0 Å². The smallest absolute Gasteiger partial charge is 0.331 e. The number of aliphatic hydroxyl groups excluding tert-OH is 2. The van der Waals surface area contributed by atoms with Gasteiger partial charge in [-0.2, -0.15) is 0 Å². The molecular weight excluding hydrogens is 419 g/mol. The molecular formula is C19H27O8PS. The minimum Gasteiger partial charge on any atom is -0.455 e. The van der Waals surface area contributed by atoms with Gasteiger partial charge in [-0.05, 0) is 24.8 Å². The number of ether oxygens (including phenoxy) is 1. The van der Waals surface area contributed by atoms with Gasteiger partial charge in [0.15, 0.2) is 0 Å². The van der Waals surface area contributed by atoms with Crippen LogP contribution < -0.4 is 0 Å². The first-order valence-electron chi connectivity index (χ1n) is 8.85. The average Bonchev–Trinajstić information content (AvgIpc) is 2.61. The summed E-state index contributed by atoms with van der Waals surface area (Å²) >= 11 is 4.50. The monoisotopic (exact) mass is 446 g/mol. The van der Waals surface area contributed by atoms with E-state index >= 15 is 0 Å². The zero-order valence-electron chi connectivity index (χ0n) is 15.9. The fourth-order valence-corrected chi connectivity index (χ4v) is 3.32. The highest BCUT2D eigenvalue weighted by Crippen LogP contribution is 2.42. The number of allylic oxidation sites excluding steroid dienone is 4. The molecule has 1 unspecified atom stereocenters. The number of hydrogen-bond acceptors (Lipinski definition) is 7. The summed E-state index contributed by atoms with van der Waals surface area (Å²) in [6, 6.07) is 0. The fraction of sp³-hybridized carbons (Fsp3) is 0.421. The summed E-state index contributed by atoms with van der Waals surface area (Å²) in [5, 5.41) is 29.5. The number of hydrogen-bond donors (Lipinski definition) is 5. The first-order valence-corrected chi connectivity index (χ1v) is 11.5. The van der Waals surface area contributed by atoms with Crippen molar-refractivity contribution in [2.75, 3.05) is 6.61 Å². The Morgan fingerprint density at radius 3 is 2.69 bits per heavy atom. The van der Waals surface area contributed by atoms with E-state index in [0.717, 1.165) is 0 Å². The highest BCUT2D eigenvalue weighted by Gasteiger charge is 2.35. The molecule has 0 aromatic rings. The molecule has 0 radical (unpaired) electrons. The summed E-state index contributed by atoms with van der Waals surface area (Å²) in [6.07, 6.45) is 12.5. The first-order chi connectivity index (χ1) is 13.5. The third-order valence-corrected chi connectivity index (χ3v) is 4.61. The van der Waals surface area contributed by atoms with E-state index < -0.39 is 36.6 Å². The van der Waals surface area contributed by atoms with Crippen LogP contribution in [-0.4, -0.2) is 61.6 Å². The van der Waals surface area contributed by atoms with E-state index in [4.69, 9.17) is 14.4 Å². The van der Waals surface area contributed by atoms with Gasteiger partial charge in [-0.1, -0.05) is 48.6 Å². The maximum atomic E-state index is 11.3. The van der Waals surface area contributed by atoms with Gasteiger partial charge in [0.25, 0.3) is 0 Å². The molecule has 0 aromatic heterocycles. The highest BCUT2D eigenvalue weighted by atomic mass is 32.5. The molecule has 10 heteroatoms. The Balaban J connectivity index is 2.84. The van der Waals surface area contributed by atoms with Crippen molar-refractivity contribution in [1.29, 1.82) is 0 Å². The molecule has 162 valence electrons. The SMILES string of the molecule is C[C@@](O)(C=C[C@H]1CC=CC(=O)O1)C(C[C@@H](O)C=CC=CC=CCO)OP(O)(O)=S. The zero-order valence-corrected chi connectivity index (χ0v) is 17.7. The Morgan fingerprint density at radius 2 is 2.07 bits per heavy atom. The summed E-state index contributed by atoms with van der Waals surface area (Å²) in [7, 11) is 0. The lowest BCUT2D eigenvalue weighted by Gasteiger charge is -2.32. The molecule has 1 aliphatic rings. The maximum Gasteiger partial charge on any atom is 0.331 e. The van der Waals surface area contributed by atoms with Gasteiger partial charge in [0.1, 0.15) is 17.8 Å². The molecule has 0 saturated carbocycles. The molecule has 0 amide bonds. The van der Waals surface area contributed by atoms with Crippen LogP contribution in [0.15, 0.2) is 60.8 Å². The Hall–Kier alpha value is -1.42. The van der Waals surface area contributed by atoms with E-state index in [1.165, 1.54) is 37.3 Å². The Labute approximate surface area is 175 Å². The maximum absolute atomic E-state index is 11.3. The molecule has 0 fully saturated rings. The van der Waals surface area contributed by atoms with Crippen LogP contribution in [0.25, 0.3) is 0 Å². The summed E-state index contributed by atoms with van der Waals surface area (Å²) in [4.78, 5) is 30.3. The van der Waals surface area contributed by atoms with Crippen molar-refractivity contribution in [2.24, 2.45) is 0 Å². The largest absolute Gasteiger partial charge is 0.455 e. The predicted molar refractivity (Wildman–Crippen MR) is 112 cm³/mol. The molecule has 29 heavy (non-hydrogen) atoms. The van der Waals surface area contributed by atoms with Crippen LogP contribution >= 0.6 is 6.72 Å². The van der Waals surface area contributed by atoms with Crippen molar-refractivity contribution < 1.29 is 39.2 Å². The van der Waals surface area contributed by atoms with Gasteiger partial charge in [-0.25, -0.2) is 4.79 Å². The van der Waals surface area contributed by atoms with Gasteiger partial charge in [-0.15, -0.1) is 0 Å². The number of rotatable bonds is 11. The van der Waals surface area contributed by atoms with Gasteiger partial charge in [0.2, 0.25) is 0 Å². The van der Waals surface area contributed by atoms with Gasteiger partial charge >= 0.3 is 12.7 Å². The topological polar surface area (TPSA) is 137 Å². The van der Waals surface area contributed by atoms with Crippen molar-refractivity contribution >= 4 is 24.5 Å². The number of esters is 1. The van der Waals surface area contributed by atoms with Crippen molar-refractivity contribution in [3.8, 4) is 0 Å². The van der Waals surface area contributed by atoms with Crippen LogP contribution in [0.3, 0.4) is 0 Å². The van der Waals surface area contributed by atoms with Crippen LogP contribution in [0.4, 0.5) is 0 Å². The van der Waals surface area contributed by atoms with Crippen LogP contribution in [-0.2, 0) is 25.9 Å². The van der Waals surface area contributed by atoms with E-state index in [-0.39, 0.29) is 13.0 Å². The van der Waals surface area contributed by atoms with Crippen molar-refractivity contribution in [1.82, 2.24) is 0 Å². The lowest BCUT2D eigenvalue weighted by atomic mass is 9.93. The average molecular weight is 446 g/mol. The molecule has 0 saturated heterocycles. The van der Waals surface area contributed by atoms with Crippen LogP contribution in [0, 0.1) is 0 Å². The Kier molecular flexibility index (Phi) is 10.9. The quantitative estimate of drug-likeness (QED) is 0.137. The van der Waals surface area contributed by atoms with E-state index in [2.05, 4.69) is 11.8 Å². The molecule has 0 aliphatic carbocycles. The summed E-state index contributed by atoms with van der Waals surface area (Å²) in [6.45, 7) is -2.85. The van der Waals surface area contributed by atoms with Gasteiger partial charge in [0, 0.05) is 18.9 Å². The molecule has 5 N–H and O–H groups in total. The summed E-state index contributed by atoms with van der Waals surface area (Å²) < 4.78 is 10.1. The first kappa shape index (κ1) is 25.6. The number of cyclic esters (lactones) is 1. The second kappa shape index (κ2) is 12.3. The Bertz CT molecular complexity index is 720. The molecule has 0 aromatic carbocycles. The number of carbonyl (C=O) groups excluding carboxylic acids is 1. The second-order valence-corrected chi connectivity index (χ2v) is 9.09. The molecule has 0 spiro atoms. The third-order valence-electron chi connectivity index (χ3n) is 3.82. The van der Waals surface area contributed by atoms with Crippen LogP contribution in [0.1, 0.15) is 19.8 Å². The molecule has 0 bridgehead atoms. The molecule has 8 nitrogen and oxygen atoms in total. The van der Waals surface area contributed by atoms with Crippen molar-refractivity contribution in [2.45, 2.75) is 43.7 Å². The minimum absolute atomic E-state index is 0.0805. The van der Waals surface area contributed by atoms with E-state index in [1.807, 2.05) is 0 Å². The lowest BCUT2D eigenvalue weighted by molar-refractivity contribution is -0.141. The van der Waals surface area contributed by atoms with Gasteiger partial charge in [0.05, 0.1) is 12.7 Å². The standard InChI is InChI=1S/C19H27O8PS/c1-19(23,12-11-16-9-7-10-18(22)26-16)17(27-28(24,25)29)14-15(21)8-5-3-2-4-6-13-20/h2-8,10-12,15-17,20-21,23H,9,13-14H2,1H3,(H2,24,25,29)/t15-,16+,17?,19+/m0/s1. The molecule has 1 heterocycles. The fourth-order valence-electron chi connectivity index (χ4n) is 2.37. The molecule has 1 rings (SSSR count). The second-order valence-electron chi connectivity index (χ2n) is 6.47. The van der Waals surface area contributed by atoms with E-state index in [9.17, 15) is 24.8 Å².